The number of H-pyrrole nitrogens is 1. The highest BCUT2D eigenvalue weighted by Crippen LogP contribution is 2.28. The predicted octanol–water partition coefficient (Wildman–Crippen LogP) is 3.52. The molecule has 0 spiro atoms. The highest BCUT2D eigenvalue weighted by molar-refractivity contribution is 5.93. The first-order chi connectivity index (χ1) is 11.2. The first-order valence-corrected chi connectivity index (χ1v) is 6.98. The van der Waals surface area contributed by atoms with Crippen molar-refractivity contribution in [3.63, 3.8) is 0 Å². The lowest BCUT2D eigenvalue weighted by atomic mass is 9.96. The van der Waals surface area contributed by atoms with Gasteiger partial charge in [0.25, 0.3) is 0 Å². The summed E-state index contributed by atoms with van der Waals surface area (Å²) in [5, 5.41) is 16.6. The highest BCUT2D eigenvalue weighted by atomic mass is 16.4. The van der Waals surface area contributed by atoms with E-state index in [1.54, 1.807) is 12.1 Å². The molecule has 0 bridgehead atoms. The zero-order valence-corrected chi connectivity index (χ0v) is 12.4. The van der Waals surface area contributed by atoms with Gasteiger partial charge in [-0.05, 0) is 29.1 Å². The van der Waals surface area contributed by atoms with E-state index in [4.69, 9.17) is 10.3 Å². The summed E-state index contributed by atoms with van der Waals surface area (Å²) in [6.07, 6.45) is 1.89. The molecule has 2 aromatic carbocycles. The fourth-order valence-corrected chi connectivity index (χ4v) is 2.55. The molecule has 5 nitrogen and oxygen atoms in total. The van der Waals surface area contributed by atoms with Crippen molar-refractivity contribution in [1.82, 2.24) is 4.98 Å². The molecule has 5 heteroatoms. The van der Waals surface area contributed by atoms with Crippen LogP contribution in [0.2, 0.25) is 0 Å². The van der Waals surface area contributed by atoms with Crippen molar-refractivity contribution >= 4 is 16.9 Å². The van der Waals surface area contributed by atoms with Crippen LogP contribution in [0.15, 0.2) is 67.3 Å². The Morgan fingerprint density at radius 3 is 2.43 bits per heavy atom. The summed E-state index contributed by atoms with van der Waals surface area (Å²) in [4.78, 5) is 14.3. The van der Waals surface area contributed by atoms with Crippen LogP contribution in [0.5, 0.6) is 0 Å². The van der Waals surface area contributed by atoms with Gasteiger partial charge in [-0.1, -0.05) is 42.5 Å². The normalized spacial score (nSPS) is 11.4. The lowest BCUT2D eigenvalue weighted by Gasteiger charge is -2.10. The Balaban J connectivity index is 0.000000924. The zero-order valence-electron chi connectivity index (χ0n) is 12.4. The van der Waals surface area contributed by atoms with E-state index in [1.807, 2.05) is 36.4 Å². The molecule has 0 saturated heterocycles. The second-order valence-corrected chi connectivity index (χ2v) is 4.96. The average Bonchev–Trinajstić information content (AvgIpc) is 3.01. The third-order valence-electron chi connectivity index (χ3n) is 3.62. The molecular formula is C18H18N2O3. The van der Waals surface area contributed by atoms with E-state index in [1.165, 1.54) is 0 Å². The van der Waals surface area contributed by atoms with Crippen molar-refractivity contribution in [1.29, 1.82) is 0 Å². The second-order valence-electron chi connectivity index (χ2n) is 4.96. The van der Waals surface area contributed by atoms with E-state index < -0.39 is 5.97 Å². The van der Waals surface area contributed by atoms with E-state index >= 15 is 0 Å². The lowest BCUT2D eigenvalue weighted by molar-refractivity contribution is 0.0697. The first kappa shape index (κ1) is 16.5. The third kappa shape index (κ3) is 3.48. The standard InChI is InChI=1S/C18H15NO2.H3NO/c1-2-15(12-6-4-3-5-7-12)17-10-13-8-9-14(18(20)21)11-16(13)19-17;1-2/h2-11,15,19H,1H2,(H,20,21);2H,1H2. The fraction of sp³-hybridized carbons (Fsp3) is 0.0556. The topological polar surface area (TPSA) is 99.3 Å². The molecule has 3 rings (SSSR count). The number of nitrogens with two attached hydrogens (primary N) is 1. The van der Waals surface area contributed by atoms with Crippen LogP contribution in [0.4, 0.5) is 0 Å². The molecule has 1 atom stereocenters. The van der Waals surface area contributed by atoms with Crippen LogP contribution in [0, 0.1) is 0 Å². The average molecular weight is 310 g/mol. The molecule has 23 heavy (non-hydrogen) atoms. The summed E-state index contributed by atoms with van der Waals surface area (Å²) in [6, 6.07) is 17.2. The number of aromatic nitrogens is 1. The maximum absolute atomic E-state index is 11.0. The van der Waals surface area contributed by atoms with Gasteiger partial charge in [-0.15, -0.1) is 6.58 Å². The number of benzene rings is 2. The molecule has 0 radical (unpaired) electrons. The fourth-order valence-electron chi connectivity index (χ4n) is 2.55. The minimum atomic E-state index is -0.920. The predicted molar refractivity (Wildman–Crippen MR) is 89.7 cm³/mol. The Morgan fingerprint density at radius 1 is 1.13 bits per heavy atom. The molecule has 0 aliphatic carbocycles. The molecule has 118 valence electrons. The quantitative estimate of drug-likeness (QED) is 0.437. The minimum Gasteiger partial charge on any atom is -0.478 e. The van der Waals surface area contributed by atoms with Crippen LogP contribution in [-0.4, -0.2) is 21.3 Å². The van der Waals surface area contributed by atoms with Gasteiger partial charge in [-0.25, -0.2) is 10.7 Å². The number of fused-ring (bicyclic) bond motifs is 1. The van der Waals surface area contributed by atoms with E-state index in [0.717, 1.165) is 22.2 Å². The van der Waals surface area contributed by atoms with Crippen molar-refractivity contribution in [2.45, 2.75) is 5.92 Å². The lowest BCUT2D eigenvalue weighted by Crippen LogP contribution is -1.97. The molecule has 0 aliphatic rings. The second kappa shape index (κ2) is 7.40. The van der Waals surface area contributed by atoms with Crippen molar-refractivity contribution in [3.8, 4) is 0 Å². The molecule has 0 amide bonds. The van der Waals surface area contributed by atoms with E-state index in [2.05, 4.69) is 29.6 Å². The Kier molecular flexibility index (Phi) is 5.30. The monoisotopic (exact) mass is 310 g/mol. The zero-order chi connectivity index (χ0) is 16.8. The molecule has 1 unspecified atom stereocenters. The number of rotatable bonds is 4. The number of carbonyl (C=O) groups is 1. The minimum absolute atomic E-state index is 0.0619. The summed E-state index contributed by atoms with van der Waals surface area (Å²) >= 11 is 0. The summed E-state index contributed by atoms with van der Waals surface area (Å²) in [5.41, 5.74) is 3.27. The van der Waals surface area contributed by atoms with Gasteiger partial charge in [0, 0.05) is 17.1 Å². The number of carboxylic acids is 1. The largest absolute Gasteiger partial charge is 0.478 e. The molecule has 0 saturated carbocycles. The van der Waals surface area contributed by atoms with Gasteiger partial charge >= 0.3 is 5.97 Å². The van der Waals surface area contributed by atoms with Crippen LogP contribution < -0.4 is 5.90 Å². The summed E-state index contributed by atoms with van der Waals surface area (Å²) in [7, 11) is 0. The molecule has 3 aromatic rings. The first-order valence-electron chi connectivity index (χ1n) is 6.98. The van der Waals surface area contributed by atoms with Crippen LogP contribution >= 0.6 is 0 Å². The van der Waals surface area contributed by atoms with Crippen molar-refractivity contribution in [2.75, 3.05) is 0 Å². The maximum atomic E-state index is 11.0. The van der Waals surface area contributed by atoms with Gasteiger partial charge in [0.05, 0.1) is 5.56 Å². The number of carboxylic acid groups (broad SMARTS) is 1. The Morgan fingerprint density at radius 2 is 1.83 bits per heavy atom. The Hall–Kier alpha value is -2.89. The van der Waals surface area contributed by atoms with Crippen LogP contribution in [0.1, 0.15) is 27.5 Å². The van der Waals surface area contributed by atoms with Gasteiger partial charge in [0.15, 0.2) is 0 Å². The molecule has 1 heterocycles. The molecule has 0 fully saturated rings. The van der Waals surface area contributed by atoms with E-state index in [9.17, 15) is 4.79 Å². The summed E-state index contributed by atoms with van der Waals surface area (Å²) < 4.78 is 0. The maximum Gasteiger partial charge on any atom is 0.335 e. The molecule has 5 N–H and O–H groups in total. The molecule has 0 aliphatic heterocycles. The van der Waals surface area contributed by atoms with Crippen molar-refractivity contribution < 1.29 is 15.1 Å². The number of allylic oxidation sites excluding steroid dienone is 1. The van der Waals surface area contributed by atoms with E-state index in [0.29, 0.717) is 0 Å². The number of nitrogens with one attached hydrogen (secondary N) is 1. The molecule has 1 aromatic heterocycles. The van der Waals surface area contributed by atoms with Crippen molar-refractivity contribution in [2.24, 2.45) is 5.90 Å². The smallest absolute Gasteiger partial charge is 0.335 e. The summed E-state index contributed by atoms with van der Waals surface area (Å²) in [6.45, 7) is 3.92. The van der Waals surface area contributed by atoms with Gasteiger partial charge in [0.1, 0.15) is 0 Å². The van der Waals surface area contributed by atoms with Crippen molar-refractivity contribution in [3.05, 3.63) is 84.1 Å². The summed E-state index contributed by atoms with van der Waals surface area (Å²) in [5.74, 6) is 2.64. The number of aromatic amines is 1. The van der Waals surface area contributed by atoms with Gasteiger partial charge < -0.3 is 15.3 Å². The van der Waals surface area contributed by atoms with Gasteiger partial charge in [-0.3, -0.25) is 0 Å². The number of hydrogen-bond acceptors (Lipinski definition) is 3. The van der Waals surface area contributed by atoms with E-state index in [-0.39, 0.29) is 11.5 Å². The number of aromatic carboxylic acids is 1. The third-order valence-corrected chi connectivity index (χ3v) is 3.62. The van der Waals surface area contributed by atoms with Gasteiger partial charge in [-0.2, -0.15) is 0 Å². The number of hydrogen-bond donors (Lipinski definition) is 4. The Bertz CT molecular complexity index is 810. The van der Waals surface area contributed by atoms with Crippen LogP contribution in [0.3, 0.4) is 0 Å². The highest BCUT2D eigenvalue weighted by Gasteiger charge is 2.13. The van der Waals surface area contributed by atoms with Gasteiger partial charge in [0.2, 0.25) is 0 Å². The Labute approximate surface area is 133 Å². The molecular weight excluding hydrogens is 292 g/mol. The SMILES string of the molecule is C=CC(c1ccccc1)c1cc2ccc(C(=O)O)cc2[nH]1.NO. The van der Waals surface area contributed by atoms with Crippen LogP contribution in [-0.2, 0) is 0 Å². The van der Waals surface area contributed by atoms with Crippen LogP contribution in [0.25, 0.3) is 10.9 Å².